The lowest BCUT2D eigenvalue weighted by atomic mass is 9.61. The van der Waals surface area contributed by atoms with Gasteiger partial charge in [-0.3, -0.25) is 24.0 Å². The number of aliphatic carboxylic acids is 3. The van der Waals surface area contributed by atoms with Crippen LogP contribution >= 0.6 is 36.2 Å². The highest BCUT2D eigenvalue weighted by molar-refractivity contribution is 7.99. The predicted molar refractivity (Wildman–Crippen MR) is 389 cm³/mol. The number of carboxylic acids is 3. The third-order valence-electron chi connectivity index (χ3n) is 17.9. The monoisotopic (exact) mass is 1420 g/mol. The molecule has 528 valence electrons. The number of thiol groups is 1. The fourth-order valence-electron chi connectivity index (χ4n) is 13.8. The third-order valence-corrected chi connectivity index (χ3v) is 20.1. The quantitative estimate of drug-likeness (QED) is 0.0109. The topological polar surface area (TPSA) is 254 Å². The number of carbonyl (C=O) groups is 7. The molecule has 0 spiro atoms. The zero-order chi connectivity index (χ0) is 71.1. The zero-order valence-corrected chi connectivity index (χ0v) is 58.1. The van der Waals surface area contributed by atoms with Gasteiger partial charge in [-0.1, -0.05) is 159 Å². The fourth-order valence-corrected chi connectivity index (χ4v) is 15.7. The molecule has 3 N–H and O–H groups in total. The second kappa shape index (κ2) is 39.6. The Morgan fingerprint density at radius 2 is 0.610 bits per heavy atom. The van der Waals surface area contributed by atoms with Crippen molar-refractivity contribution in [3.05, 3.63) is 242 Å². The fraction of sp³-hybridized carbons (Fsp3) is 0.354. The lowest BCUT2D eigenvalue weighted by molar-refractivity contribution is -0.144. The number of hydrogen-bond donors (Lipinski definition) is 4. The third kappa shape index (κ3) is 20.7. The number of rotatable bonds is 36. The first-order valence-corrected chi connectivity index (χ1v) is 36.2. The molecule has 8 unspecified atom stereocenters. The Bertz CT molecular complexity index is 3430. The van der Waals surface area contributed by atoms with Gasteiger partial charge in [-0.2, -0.15) is 36.2 Å². The molecule has 0 radical (unpaired) electrons. The van der Waals surface area contributed by atoms with Crippen LogP contribution in [0.2, 0.25) is 0 Å². The Hall–Kier alpha value is -9.18. The highest BCUT2D eigenvalue weighted by Crippen LogP contribution is 2.64. The zero-order valence-electron chi connectivity index (χ0n) is 55.6. The van der Waals surface area contributed by atoms with Crippen molar-refractivity contribution in [2.45, 2.75) is 42.9 Å². The van der Waals surface area contributed by atoms with Crippen molar-refractivity contribution in [2.75, 3.05) is 81.6 Å². The van der Waals surface area contributed by atoms with E-state index in [2.05, 4.69) is 172 Å². The molecular weight excluding hydrogens is 1330 g/mol. The molecule has 0 amide bonds. The number of thioether (sulfide) groups is 2. The number of hydrogen-bond acceptors (Lipinski definition) is 18. The van der Waals surface area contributed by atoms with Gasteiger partial charge in [-0.25, -0.2) is 9.59 Å². The van der Waals surface area contributed by atoms with Crippen LogP contribution in [0.4, 0.5) is 0 Å². The number of fused-ring (bicyclic) bond motifs is 6. The van der Waals surface area contributed by atoms with Crippen LogP contribution < -0.4 is 18.9 Å². The summed E-state index contributed by atoms with van der Waals surface area (Å²) in [6.45, 7) is 8.32. The van der Waals surface area contributed by atoms with Gasteiger partial charge >= 0.3 is 41.8 Å². The lowest BCUT2D eigenvalue weighted by Crippen LogP contribution is -2.39. The van der Waals surface area contributed by atoms with Gasteiger partial charge in [0.1, 0.15) is 75.9 Å². The molecule has 6 aliphatic carbocycles. The highest BCUT2D eigenvalue weighted by Gasteiger charge is 2.60. The highest BCUT2D eigenvalue weighted by atomic mass is 32.2. The van der Waals surface area contributed by atoms with Crippen LogP contribution in [0.25, 0.3) is 0 Å². The van der Waals surface area contributed by atoms with E-state index in [1.54, 1.807) is 0 Å². The van der Waals surface area contributed by atoms with Crippen LogP contribution in [0.5, 0.6) is 23.0 Å². The maximum atomic E-state index is 12.1. The van der Waals surface area contributed by atoms with E-state index in [0.29, 0.717) is 75.4 Å². The van der Waals surface area contributed by atoms with E-state index in [1.165, 1.54) is 45.8 Å². The minimum atomic E-state index is -0.848. The molecule has 8 atom stereocenters. The summed E-state index contributed by atoms with van der Waals surface area (Å²) < 4.78 is 44.2. The van der Waals surface area contributed by atoms with Crippen LogP contribution in [0.1, 0.15) is 54.4 Å². The molecule has 0 aliphatic heterocycles. The minimum absolute atomic E-state index is 0.0720. The Morgan fingerprint density at radius 3 is 0.850 bits per heavy atom. The summed E-state index contributed by atoms with van der Waals surface area (Å²) in [7, 11) is 0. The standard InChI is InChI=1S/C41H46O10S2.C35H34O6.C3H6O2S/c42-37(43)17-25-52-27-19-39(46)50-23-21-48-31-13-9-29(10-14-31)41(35-7-3-1-5-33(35)34-6-2-4-8-36(34)41)30-11-15-32(16-12-30)49-22-24-51-40(47)20-28-53-26-18-38(44)45;1-3-33(36)40-23-21-38-27-17-13-25(14-18-27)35(26-15-19-28(20-16-26)39-22-24-41-34(37)4-2)31-11-7-5-9-29(31)30-10-6-8-12-32(30)35;4-3(5)1-2-6/h1-16,33-36H,17-28H2,(H,42,43)(H,44,45);3-20,29-32H,1-2,21-24H2;6H,1-2H2,(H,4,5). The van der Waals surface area contributed by atoms with Crippen LogP contribution in [0.15, 0.2) is 220 Å². The van der Waals surface area contributed by atoms with E-state index >= 15 is 0 Å². The molecule has 4 aromatic carbocycles. The molecular formula is C79H86O18S3. The van der Waals surface area contributed by atoms with E-state index in [4.69, 9.17) is 53.2 Å². The van der Waals surface area contributed by atoms with Crippen molar-refractivity contribution in [3.63, 3.8) is 0 Å². The first-order chi connectivity index (χ1) is 48.6. The van der Waals surface area contributed by atoms with E-state index in [1.807, 2.05) is 48.5 Å². The van der Waals surface area contributed by atoms with Crippen molar-refractivity contribution in [3.8, 4) is 23.0 Å². The van der Waals surface area contributed by atoms with Crippen molar-refractivity contribution in [1.29, 1.82) is 0 Å². The summed E-state index contributed by atoms with van der Waals surface area (Å²) >= 11 is 6.51. The Kier molecular flexibility index (Phi) is 30.3. The van der Waals surface area contributed by atoms with Gasteiger partial charge in [0.2, 0.25) is 0 Å². The van der Waals surface area contributed by atoms with Crippen LogP contribution in [0, 0.1) is 47.3 Å². The normalized spacial score (nSPS) is 20.6. The van der Waals surface area contributed by atoms with Crippen molar-refractivity contribution in [1.82, 2.24) is 0 Å². The van der Waals surface area contributed by atoms with Crippen LogP contribution in [-0.4, -0.2) is 139 Å². The second-order valence-electron chi connectivity index (χ2n) is 23.8. The lowest BCUT2D eigenvalue weighted by Gasteiger charge is -2.41. The van der Waals surface area contributed by atoms with Gasteiger partial charge in [0.15, 0.2) is 0 Å². The number of ether oxygens (including phenoxy) is 8. The molecule has 0 aromatic heterocycles. The Morgan fingerprint density at radius 1 is 0.360 bits per heavy atom. The first kappa shape index (κ1) is 76.6. The Labute approximate surface area is 598 Å². The summed E-state index contributed by atoms with van der Waals surface area (Å²) in [4.78, 5) is 77.5. The van der Waals surface area contributed by atoms with Crippen LogP contribution in [0.3, 0.4) is 0 Å². The molecule has 2 saturated carbocycles. The van der Waals surface area contributed by atoms with Gasteiger partial charge in [0.25, 0.3) is 0 Å². The number of allylic oxidation sites excluding steroid dienone is 16. The molecule has 6 aliphatic rings. The molecule has 0 bridgehead atoms. The molecule has 100 heavy (non-hydrogen) atoms. The summed E-state index contributed by atoms with van der Waals surface area (Å²) in [5.41, 5.74) is 4.03. The summed E-state index contributed by atoms with van der Waals surface area (Å²) in [5, 5.41) is 25.3. The number of benzene rings is 4. The van der Waals surface area contributed by atoms with Gasteiger partial charge in [0.05, 0.1) is 32.1 Å². The van der Waals surface area contributed by atoms with Gasteiger partial charge in [-0.05, 0) is 118 Å². The predicted octanol–water partition coefficient (Wildman–Crippen LogP) is 13.1. The van der Waals surface area contributed by atoms with E-state index in [9.17, 15) is 33.6 Å². The van der Waals surface area contributed by atoms with E-state index in [0.717, 1.165) is 12.2 Å². The summed E-state index contributed by atoms with van der Waals surface area (Å²) in [6, 6.07) is 33.0. The number of esters is 4. The molecule has 10 rings (SSSR count). The smallest absolute Gasteiger partial charge is 0.330 e. The van der Waals surface area contributed by atoms with Crippen molar-refractivity contribution in [2.24, 2.45) is 47.3 Å². The first-order valence-electron chi connectivity index (χ1n) is 33.3. The van der Waals surface area contributed by atoms with Crippen molar-refractivity contribution >= 4 is 77.9 Å². The maximum absolute atomic E-state index is 12.1. The average molecular weight is 1420 g/mol. The van der Waals surface area contributed by atoms with E-state index in [-0.39, 0.29) is 131 Å². The van der Waals surface area contributed by atoms with Crippen molar-refractivity contribution < 1.29 is 86.8 Å². The number of carbonyl (C=O) groups excluding carboxylic acids is 4. The summed E-state index contributed by atoms with van der Waals surface area (Å²) in [5.74, 6) is 3.30. The van der Waals surface area contributed by atoms with Gasteiger partial charge < -0.3 is 53.2 Å². The molecule has 18 nitrogen and oxygen atoms in total. The van der Waals surface area contributed by atoms with Gasteiger partial charge in [-0.15, -0.1) is 0 Å². The van der Waals surface area contributed by atoms with E-state index < -0.39 is 29.8 Å². The van der Waals surface area contributed by atoms with Gasteiger partial charge in [0, 0.05) is 51.7 Å². The molecule has 0 heterocycles. The SMILES string of the molecule is C=CC(=O)OCCOc1ccc(C2(c3ccc(OCCOC(=O)C=C)cc3)C3C=CC=CC3C3C=CC=CC32)cc1.O=C(O)CCS.O=C(O)CCSCCC(=O)OCCOc1ccc(C2(c3ccc(OCCOC(=O)CCSCCC(=O)O)cc3)C3C=CC=CC3C3C=CC=CC32)cc1. The average Bonchev–Trinajstić information content (AvgIpc) is 1.54. The van der Waals surface area contributed by atoms with Crippen LogP contribution in [-0.2, 0) is 63.3 Å². The minimum Gasteiger partial charge on any atom is -0.490 e. The largest absolute Gasteiger partial charge is 0.490 e. The summed E-state index contributed by atoms with van der Waals surface area (Å²) in [6.07, 6.45) is 38.9. The molecule has 4 aromatic rings. The number of carboxylic acid groups (broad SMARTS) is 3. The molecule has 0 saturated heterocycles. The second-order valence-corrected chi connectivity index (χ2v) is 26.7. The molecule has 2 fully saturated rings. The maximum Gasteiger partial charge on any atom is 0.330 e. The Balaban J connectivity index is 0.000000241. The molecule has 21 heteroatoms.